The summed E-state index contributed by atoms with van der Waals surface area (Å²) in [6.45, 7) is 1.25. The van der Waals surface area contributed by atoms with E-state index in [-0.39, 0.29) is 6.61 Å². The average molecular weight is 313 g/mol. The van der Waals surface area contributed by atoms with E-state index in [9.17, 15) is 0 Å². The van der Waals surface area contributed by atoms with Crippen molar-refractivity contribution in [1.29, 1.82) is 5.26 Å². The molecule has 0 amide bonds. The van der Waals surface area contributed by atoms with Crippen LogP contribution in [-0.2, 0) is 16.1 Å². The summed E-state index contributed by atoms with van der Waals surface area (Å²) in [6.07, 6.45) is 2.62. The second-order valence-electron chi connectivity index (χ2n) is 4.75. The minimum absolute atomic E-state index is 0.199. The first-order chi connectivity index (χ1) is 11.3. The lowest BCUT2D eigenvalue weighted by Crippen LogP contribution is -2.06. The molecule has 1 saturated heterocycles. The Morgan fingerprint density at radius 3 is 2.91 bits per heavy atom. The molecule has 0 saturated carbocycles. The van der Waals surface area contributed by atoms with Crippen LogP contribution in [0.25, 0.3) is 0 Å². The molecular weight excluding hydrogens is 298 g/mol. The van der Waals surface area contributed by atoms with Gasteiger partial charge >= 0.3 is 0 Å². The molecule has 1 aliphatic heterocycles. The fourth-order valence-corrected chi connectivity index (χ4v) is 2.20. The molecule has 0 N–H and O–H groups in total. The second kappa shape index (κ2) is 7.05. The van der Waals surface area contributed by atoms with E-state index < -0.39 is 6.29 Å². The molecule has 2 aromatic rings. The van der Waals surface area contributed by atoms with Crippen LogP contribution < -0.4 is 9.47 Å². The van der Waals surface area contributed by atoms with Crippen molar-refractivity contribution in [2.24, 2.45) is 0 Å². The molecule has 1 aliphatic rings. The Bertz CT molecular complexity index is 724. The zero-order valence-electron chi connectivity index (χ0n) is 12.6. The standard InChI is InChI=1S/C16H15N3O4/c1-20-15-7-12(16-21-5-6-22-16)14(9-19-15)23-10-11-3-2-4-18-13(11)8-17/h2-4,7,9,16H,5-6,10H2,1H3. The van der Waals surface area contributed by atoms with E-state index in [0.29, 0.717) is 41.7 Å². The molecule has 7 heteroatoms. The quantitative estimate of drug-likeness (QED) is 0.834. The molecule has 0 aliphatic carbocycles. The SMILES string of the molecule is COc1cc(C2OCCO2)c(OCc2cccnc2C#N)cn1. The van der Waals surface area contributed by atoms with E-state index in [1.807, 2.05) is 6.07 Å². The molecule has 3 rings (SSSR count). The van der Waals surface area contributed by atoms with E-state index in [1.54, 1.807) is 30.6 Å². The van der Waals surface area contributed by atoms with Crippen LogP contribution >= 0.6 is 0 Å². The van der Waals surface area contributed by atoms with E-state index >= 15 is 0 Å². The van der Waals surface area contributed by atoms with Crippen LogP contribution in [0.1, 0.15) is 23.1 Å². The summed E-state index contributed by atoms with van der Waals surface area (Å²) in [7, 11) is 1.54. The number of methoxy groups -OCH3 is 1. The summed E-state index contributed by atoms with van der Waals surface area (Å²) in [6, 6.07) is 7.32. The molecule has 0 spiro atoms. The Kier molecular flexibility index (Phi) is 4.66. The molecule has 0 aromatic carbocycles. The molecular formula is C16H15N3O4. The molecule has 2 aromatic heterocycles. The molecule has 7 nitrogen and oxygen atoms in total. The lowest BCUT2D eigenvalue weighted by atomic mass is 10.2. The highest BCUT2D eigenvalue weighted by atomic mass is 16.7. The highest BCUT2D eigenvalue weighted by Crippen LogP contribution is 2.33. The average Bonchev–Trinajstić information content (AvgIpc) is 3.14. The van der Waals surface area contributed by atoms with Gasteiger partial charge in [0, 0.05) is 17.8 Å². The first-order valence-corrected chi connectivity index (χ1v) is 7.05. The maximum Gasteiger partial charge on any atom is 0.213 e. The molecule has 0 radical (unpaired) electrons. The van der Waals surface area contributed by atoms with E-state index in [4.69, 9.17) is 24.2 Å². The Morgan fingerprint density at radius 1 is 1.35 bits per heavy atom. The fraction of sp³-hybridized carbons (Fsp3) is 0.312. The van der Waals surface area contributed by atoms with Crippen LogP contribution in [0, 0.1) is 11.3 Å². The molecule has 0 bridgehead atoms. The predicted octanol–water partition coefficient (Wildman–Crippen LogP) is 1.98. The lowest BCUT2D eigenvalue weighted by molar-refractivity contribution is -0.0460. The van der Waals surface area contributed by atoms with Crippen molar-refractivity contribution in [2.45, 2.75) is 12.9 Å². The van der Waals surface area contributed by atoms with Gasteiger partial charge in [0.25, 0.3) is 0 Å². The van der Waals surface area contributed by atoms with Crippen molar-refractivity contribution in [3.05, 3.63) is 47.4 Å². The van der Waals surface area contributed by atoms with Crippen molar-refractivity contribution < 1.29 is 18.9 Å². The third-order valence-corrected chi connectivity index (χ3v) is 3.34. The van der Waals surface area contributed by atoms with Crippen molar-refractivity contribution in [1.82, 2.24) is 9.97 Å². The molecule has 118 valence electrons. The number of nitrogens with zero attached hydrogens (tertiary/aromatic N) is 3. The minimum atomic E-state index is -0.508. The minimum Gasteiger partial charge on any atom is -0.487 e. The Balaban J connectivity index is 1.83. The largest absolute Gasteiger partial charge is 0.487 e. The van der Waals surface area contributed by atoms with Gasteiger partial charge in [-0.25, -0.2) is 9.97 Å². The van der Waals surface area contributed by atoms with Crippen molar-refractivity contribution in [3.8, 4) is 17.7 Å². The first kappa shape index (κ1) is 15.2. The summed E-state index contributed by atoms with van der Waals surface area (Å²) in [5, 5.41) is 9.07. The third kappa shape index (κ3) is 3.39. The van der Waals surface area contributed by atoms with Gasteiger partial charge in [-0.2, -0.15) is 5.26 Å². The highest BCUT2D eigenvalue weighted by molar-refractivity contribution is 5.37. The van der Waals surface area contributed by atoms with Crippen molar-refractivity contribution >= 4 is 0 Å². The van der Waals surface area contributed by atoms with Crippen LogP contribution in [-0.4, -0.2) is 30.3 Å². The van der Waals surface area contributed by atoms with Gasteiger partial charge in [-0.05, 0) is 6.07 Å². The summed E-state index contributed by atoms with van der Waals surface area (Å²) in [4.78, 5) is 8.16. The van der Waals surface area contributed by atoms with Crippen molar-refractivity contribution in [3.63, 3.8) is 0 Å². The van der Waals surface area contributed by atoms with Gasteiger partial charge in [-0.15, -0.1) is 0 Å². The number of aromatic nitrogens is 2. The smallest absolute Gasteiger partial charge is 0.213 e. The van der Waals surface area contributed by atoms with Crippen LogP contribution in [0.15, 0.2) is 30.6 Å². The number of rotatable bonds is 5. The number of hydrogen-bond donors (Lipinski definition) is 0. The van der Waals surface area contributed by atoms with Gasteiger partial charge in [0.1, 0.15) is 24.1 Å². The predicted molar refractivity (Wildman–Crippen MR) is 78.7 cm³/mol. The second-order valence-corrected chi connectivity index (χ2v) is 4.75. The maximum absolute atomic E-state index is 9.07. The van der Waals surface area contributed by atoms with Crippen molar-refractivity contribution in [2.75, 3.05) is 20.3 Å². The monoisotopic (exact) mass is 313 g/mol. The molecule has 3 heterocycles. The Hall–Kier alpha value is -2.69. The zero-order valence-corrected chi connectivity index (χ0v) is 12.6. The van der Waals surface area contributed by atoms with E-state index in [1.165, 1.54) is 7.11 Å². The highest BCUT2D eigenvalue weighted by Gasteiger charge is 2.23. The topological polar surface area (TPSA) is 86.5 Å². The molecule has 23 heavy (non-hydrogen) atoms. The summed E-state index contributed by atoms with van der Waals surface area (Å²) < 4.78 is 22.0. The van der Waals surface area contributed by atoms with Gasteiger partial charge in [-0.3, -0.25) is 0 Å². The molecule has 1 fully saturated rings. The van der Waals surface area contributed by atoms with Gasteiger partial charge in [0.15, 0.2) is 6.29 Å². The van der Waals surface area contributed by atoms with Gasteiger partial charge < -0.3 is 18.9 Å². The van der Waals surface area contributed by atoms with Gasteiger partial charge in [0.2, 0.25) is 5.88 Å². The normalized spacial score (nSPS) is 14.4. The van der Waals surface area contributed by atoms with E-state index in [0.717, 1.165) is 0 Å². The van der Waals surface area contributed by atoms with E-state index in [2.05, 4.69) is 9.97 Å². The Morgan fingerprint density at radius 2 is 2.17 bits per heavy atom. The zero-order chi connectivity index (χ0) is 16.1. The van der Waals surface area contributed by atoms with Gasteiger partial charge in [0.05, 0.1) is 32.1 Å². The summed E-state index contributed by atoms with van der Waals surface area (Å²) in [5.41, 5.74) is 1.74. The third-order valence-electron chi connectivity index (χ3n) is 3.34. The maximum atomic E-state index is 9.07. The molecule has 0 unspecified atom stereocenters. The number of hydrogen-bond acceptors (Lipinski definition) is 7. The first-order valence-electron chi connectivity index (χ1n) is 7.05. The lowest BCUT2D eigenvalue weighted by Gasteiger charge is -2.16. The number of ether oxygens (including phenoxy) is 4. The summed E-state index contributed by atoms with van der Waals surface area (Å²) in [5.74, 6) is 0.969. The number of nitriles is 1. The van der Waals surface area contributed by atoms with Crippen LogP contribution in [0.2, 0.25) is 0 Å². The van der Waals surface area contributed by atoms with Gasteiger partial charge in [-0.1, -0.05) is 6.07 Å². The van der Waals surface area contributed by atoms with Crippen LogP contribution in [0.3, 0.4) is 0 Å². The molecule has 0 atom stereocenters. The number of pyridine rings is 2. The fourth-order valence-electron chi connectivity index (χ4n) is 2.20. The van der Waals surface area contributed by atoms with Crippen LogP contribution in [0.5, 0.6) is 11.6 Å². The van der Waals surface area contributed by atoms with Crippen LogP contribution in [0.4, 0.5) is 0 Å². The summed E-state index contributed by atoms with van der Waals surface area (Å²) >= 11 is 0. The Labute approximate surface area is 133 Å².